The van der Waals surface area contributed by atoms with Crippen LogP contribution in [0.4, 0.5) is 32.0 Å². The Morgan fingerprint density at radius 1 is 1.07 bits per heavy atom. The van der Waals surface area contributed by atoms with E-state index in [2.05, 4.69) is 5.10 Å². The van der Waals surface area contributed by atoms with Crippen LogP contribution in [0.5, 0.6) is 0 Å². The molecule has 0 spiro atoms. The number of carbonyl (C=O) groups excluding carboxylic acids is 1. The van der Waals surface area contributed by atoms with Crippen molar-refractivity contribution in [3.8, 4) is 0 Å². The molecule has 0 fully saturated rings. The molecule has 0 radical (unpaired) electrons. The van der Waals surface area contributed by atoms with Gasteiger partial charge in [0, 0.05) is 29.1 Å². The molecule has 1 aromatic heterocycles. The van der Waals surface area contributed by atoms with Gasteiger partial charge in [-0.05, 0) is 49.3 Å². The third-order valence-electron chi connectivity index (χ3n) is 6.19. The molecule has 3 aromatic rings. The van der Waals surface area contributed by atoms with Crippen LogP contribution in [0, 0.1) is 13.8 Å². The zero-order valence-electron chi connectivity index (χ0n) is 22.2. The lowest BCUT2D eigenvalue weighted by atomic mass is 9.98. The number of aryl methyl sites for hydroxylation is 2. The van der Waals surface area contributed by atoms with E-state index in [1.165, 1.54) is 12.1 Å². The summed E-state index contributed by atoms with van der Waals surface area (Å²) >= 11 is 6.81. The number of aromatic nitrogens is 2. The molecular weight excluding hydrogens is 574 g/mol. The van der Waals surface area contributed by atoms with Crippen molar-refractivity contribution < 1.29 is 31.1 Å². The predicted molar refractivity (Wildman–Crippen MR) is 149 cm³/mol. The van der Waals surface area contributed by atoms with Crippen LogP contribution < -0.4 is 10.6 Å². The molecule has 0 saturated heterocycles. The molecule has 0 saturated carbocycles. The fourth-order valence-electron chi connectivity index (χ4n) is 4.35. The number of nitrogens with zero attached hydrogens (tertiary/aromatic N) is 3. The Bertz CT molecular complexity index is 1400. The van der Waals surface area contributed by atoms with Gasteiger partial charge in [0.25, 0.3) is 5.91 Å². The molecule has 0 aliphatic rings. The van der Waals surface area contributed by atoms with E-state index in [1.807, 2.05) is 13.8 Å². The van der Waals surface area contributed by atoms with E-state index < -0.39 is 30.3 Å². The first-order chi connectivity index (χ1) is 18.6. The van der Waals surface area contributed by atoms with Gasteiger partial charge in [0.2, 0.25) is 0 Å². The maximum Gasteiger partial charge on any atom is 0.435 e. The number of hydrogen-bond acceptors (Lipinski definition) is 4. The third kappa shape index (κ3) is 6.98. The first-order valence-corrected chi connectivity index (χ1v) is 13.7. The molecule has 2 N–H and O–H groups in total. The van der Waals surface area contributed by atoms with Gasteiger partial charge in [-0.2, -0.15) is 43.2 Å². The molecule has 0 unspecified atom stereocenters. The smallest absolute Gasteiger partial charge is 0.389 e. The van der Waals surface area contributed by atoms with Crippen molar-refractivity contribution in [2.75, 3.05) is 16.4 Å². The van der Waals surface area contributed by atoms with Crippen molar-refractivity contribution in [3.63, 3.8) is 0 Å². The first-order valence-electron chi connectivity index (χ1n) is 12.2. The highest BCUT2D eigenvalue weighted by Gasteiger charge is 2.42. The quantitative estimate of drug-likeness (QED) is 0.211. The molecule has 0 bridgehead atoms. The van der Waals surface area contributed by atoms with Crippen LogP contribution in [0.25, 0.3) is 0 Å². The lowest BCUT2D eigenvalue weighted by Gasteiger charge is -2.32. The Labute approximate surface area is 237 Å². The van der Waals surface area contributed by atoms with Crippen LogP contribution in [0.2, 0.25) is 0 Å². The highest BCUT2D eigenvalue weighted by atomic mass is 32.2. The van der Waals surface area contributed by atoms with Crippen molar-refractivity contribution in [2.45, 2.75) is 52.6 Å². The van der Waals surface area contributed by atoms with Gasteiger partial charge in [0.1, 0.15) is 10.7 Å². The maximum atomic E-state index is 14.0. The van der Waals surface area contributed by atoms with Gasteiger partial charge in [-0.25, -0.2) is 0 Å². The first kappa shape index (κ1) is 31.5. The largest absolute Gasteiger partial charge is 0.435 e. The van der Waals surface area contributed by atoms with E-state index in [0.717, 1.165) is 5.75 Å². The van der Waals surface area contributed by atoms with Crippen LogP contribution in [-0.2, 0) is 18.9 Å². The van der Waals surface area contributed by atoms with Crippen molar-refractivity contribution in [1.29, 1.82) is 0 Å². The molecule has 2 aromatic carbocycles. The minimum absolute atomic E-state index is 0.00361. The van der Waals surface area contributed by atoms with Gasteiger partial charge >= 0.3 is 12.4 Å². The van der Waals surface area contributed by atoms with E-state index in [0.29, 0.717) is 38.4 Å². The van der Waals surface area contributed by atoms with E-state index in [9.17, 15) is 31.1 Å². The summed E-state index contributed by atoms with van der Waals surface area (Å²) in [6.07, 6.45) is -10.1. The standard InChI is InChI=1S/C27H28F6N4OS2/c1-5-40-14-17(4)37(25(38)23-15(2)7-6-8-19(23)24(34)39)20-10-9-18(11-16(20)3)13-36-22(27(31,32)33)12-21(35-36)26(28,29)30/h6-12,17H,5,13-14H2,1-4H3,(H2,34,39)/t17-/m0/s1. The number of thioether (sulfide) groups is 1. The summed E-state index contributed by atoms with van der Waals surface area (Å²) in [5, 5.41) is 3.18. The lowest BCUT2D eigenvalue weighted by Crippen LogP contribution is -2.42. The van der Waals surface area contributed by atoms with Crippen molar-refractivity contribution in [2.24, 2.45) is 5.73 Å². The van der Waals surface area contributed by atoms with Crippen LogP contribution >= 0.6 is 24.0 Å². The summed E-state index contributed by atoms with van der Waals surface area (Å²) in [6, 6.07) is 9.48. The Kier molecular flexibility index (Phi) is 9.61. The monoisotopic (exact) mass is 602 g/mol. The maximum absolute atomic E-state index is 14.0. The summed E-state index contributed by atoms with van der Waals surface area (Å²) in [5.74, 6) is 1.07. The number of anilines is 1. The zero-order valence-corrected chi connectivity index (χ0v) is 23.8. The number of benzene rings is 2. The van der Waals surface area contributed by atoms with Crippen molar-refractivity contribution in [1.82, 2.24) is 9.78 Å². The minimum Gasteiger partial charge on any atom is -0.389 e. The molecule has 0 aliphatic carbocycles. The van der Waals surface area contributed by atoms with E-state index in [4.69, 9.17) is 18.0 Å². The number of rotatable bonds is 9. The van der Waals surface area contributed by atoms with Gasteiger partial charge in [-0.3, -0.25) is 9.48 Å². The van der Waals surface area contributed by atoms with Gasteiger partial charge in [0.05, 0.1) is 12.1 Å². The average molecular weight is 603 g/mol. The molecule has 1 heterocycles. The SMILES string of the molecule is CCSC[C@H](C)N(C(=O)c1c(C)cccc1C(N)=S)c1ccc(Cn2nc(C(F)(F)F)cc2C(F)(F)F)cc1C. The minimum atomic E-state index is -5.03. The molecule has 1 atom stereocenters. The van der Waals surface area contributed by atoms with Crippen LogP contribution in [0.15, 0.2) is 42.5 Å². The second kappa shape index (κ2) is 12.2. The van der Waals surface area contributed by atoms with Gasteiger partial charge < -0.3 is 10.6 Å². The summed E-state index contributed by atoms with van der Waals surface area (Å²) in [5.41, 5.74) is 5.55. The van der Waals surface area contributed by atoms with Crippen molar-refractivity contribution >= 4 is 40.6 Å². The Morgan fingerprint density at radius 3 is 2.30 bits per heavy atom. The van der Waals surface area contributed by atoms with Crippen LogP contribution in [-0.4, -0.2) is 38.2 Å². The van der Waals surface area contributed by atoms with Crippen molar-refractivity contribution in [3.05, 3.63) is 81.7 Å². The zero-order chi connectivity index (χ0) is 30.0. The molecule has 5 nitrogen and oxygen atoms in total. The highest BCUT2D eigenvalue weighted by Crippen LogP contribution is 2.36. The Balaban J connectivity index is 2.07. The molecule has 1 amide bonds. The van der Waals surface area contributed by atoms with E-state index in [1.54, 1.807) is 54.8 Å². The third-order valence-corrected chi connectivity index (χ3v) is 7.54. The summed E-state index contributed by atoms with van der Waals surface area (Å²) in [7, 11) is 0. The lowest BCUT2D eigenvalue weighted by molar-refractivity contribution is -0.144. The van der Waals surface area contributed by atoms with E-state index in [-0.39, 0.29) is 28.6 Å². The number of nitrogens with two attached hydrogens (primary N) is 1. The number of amides is 1. The normalized spacial score (nSPS) is 12.8. The Hall–Kier alpha value is -3.06. The van der Waals surface area contributed by atoms with Gasteiger partial charge in [-0.1, -0.05) is 49.5 Å². The second-order valence-electron chi connectivity index (χ2n) is 9.23. The van der Waals surface area contributed by atoms with Gasteiger partial charge in [-0.15, -0.1) is 0 Å². The molecule has 3 rings (SSSR count). The summed E-state index contributed by atoms with van der Waals surface area (Å²) < 4.78 is 80.0. The van der Waals surface area contributed by atoms with Crippen LogP contribution in [0.1, 0.15) is 57.8 Å². The number of carbonyl (C=O) groups is 1. The van der Waals surface area contributed by atoms with E-state index >= 15 is 0 Å². The number of halogens is 6. The van der Waals surface area contributed by atoms with Gasteiger partial charge in [0.15, 0.2) is 5.69 Å². The molecule has 216 valence electrons. The second-order valence-corrected chi connectivity index (χ2v) is 11.0. The number of hydrogen-bond donors (Lipinski definition) is 1. The van der Waals surface area contributed by atoms with Crippen LogP contribution in [0.3, 0.4) is 0 Å². The Morgan fingerprint density at radius 2 is 1.75 bits per heavy atom. The summed E-state index contributed by atoms with van der Waals surface area (Å²) in [4.78, 5) is 15.7. The fourth-order valence-corrected chi connectivity index (χ4v) is 5.25. The number of thiocarbonyl (C=S) groups is 1. The predicted octanol–water partition coefficient (Wildman–Crippen LogP) is 7.01. The molecule has 40 heavy (non-hydrogen) atoms. The number of alkyl halides is 6. The highest BCUT2D eigenvalue weighted by molar-refractivity contribution is 7.99. The topological polar surface area (TPSA) is 64.2 Å². The molecule has 13 heteroatoms. The molecular formula is C27H28F6N4OS2. The average Bonchev–Trinajstić information content (AvgIpc) is 3.29. The summed E-state index contributed by atoms with van der Waals surface area (Å²) in [6.45, 7) is 6.77. The fraction of sp³-hybridized carbons (Fsp3) is 0.370. The molecule has 0 aliphatic heterocycles.